The lowest BCUT2D eigenvalue weighted by atomic mass is 9.86. The van der Waals surface area contributed by atoms with Gasteiger partial charge in [0.15, 0.2) is 0 Å². The molecule has 0 N–H and O–H groups in total. The first kappa shape index (κ1) is 12.9. The highest BCUT2D eigenvalue weighted by Gasteiger charge is 2.33. The van der Waals surface area contributed by atoms with Crippen molar-refractivity contribution in [3.8, 4) is 5.75 Å². The van der Waals surface area contributed by atoms with Crippen LogP contribution >= 0.6 is 0 Å². The zero-order valence-electron chi connectivity index (χ0n) is 9.48. The van der Waals surface area contributed by atoms with Gasteiger partial charge in [0.05, 0.1) is 0 Å². The average Bonchev–Trinajstić information content (AvgIpc) is 1.97. The van der Waals surface area contributed by atoms with Crippen molar-refractivity contribution in [3.63, 3.8) is 0 Å². The zero-order valence-corrected chi connectivity index (χ0v) is 9.48. The summed E-state index contributed by atoms with van der Waals surface area (Å²) in [6.45, 7) is 9.07. The molecule has 0 fully saturated rings. The maximum absolute atomic E-state index is 12.2. The van der Waals surface area contributed by atoms with E-state index in [1.807, 2.05) is 20.8 Å². The maximum Gasteiger partial charge on any atom is 0.573 e. The molecule has 0 aromatic heterocycles. The van der Waals surface area contributed by atoms with Crippen molar-refractivity contribution in [2.45, 2.75) is 32.5 Å². The van der Waals surface area contributed by atoms with Gasteiger partial charge in [0.25, 0.3) is 0 Å². The van der Waals surface area contributed by atoms with E-state index in [0.717, 1.165) is 0 Å². The molecule has 0 aliphatic heterocycles. The fourth-order valence-corrected chi connectivity index (χ4v) is 1.40. The Hall–Kier alpha value is -1.19. The van der Waals surface area contributed by atoms with E-state index in [2.05, 4.69) is 11.7 Å². The van der Waals surface area contributed by atoms with Crippen LogP contribution in [0.5, 0.6) is 5.75 Å². The zero-order chi connectivity index (χ0) is 12.6. The molecule has 0 atom stereocenters. The van der Waals surface area contributed by atoms with Crippen molar-refractivity contribution in [2.75, 3.05) is 0 Å². The van der Waals surface area contributed by atoms with E-state index in [1.165, 1.54) is 6.07 Å². The van der Waals surface area contributed by atoms with Crippen LogP contribution in [0.3, 0.4) is 0 Å². The van der Waals surface area contributed by atoms with E-state index in [1.54, 1.807) is 12.1 Å². The Balaban J connectivity index is 3.19. The van der Waals surface area contributed by atoms with Gasteiger partial charge in [-0.15, -0.1) is 13.2 Å². The number of alkyl halides is 3. The standard InChI is InChI=1S/C12H14F3O/c1-8-5-6-9(11(2,3)4)10(7-8)16-12(13,14)15/h5-7H,1H2,2-4H3. The lowest BCUT2D eigenvalue weighted by molar-refractivity contribution is -0.275. The fraction of sp³-hybridized carbons (Fsp3) is 0.417. The molecule has 0 bridgehead atoms. The van der Waals surface area contributed by atoms with E-state index in [-0.39, 0.29) is 5.75 Å². The van der Waals surface area contributed by atoms with Gasteiger partial charge in [-0.3, -0.25) is 0 Å². The number of halogens is 3. The lowest BCUT2D eigenvalue weighted by Crippen LogP contribution is -2.21. The molecular formula is C12H14F3O. The Morgan fingerprint density at radius 3 is 2.12 bits per heavy atom. The minimum absolute atomic E-state index is 0.174. The average molecular weight is 231 g/mol. The van der Waals surface area contributed by atoms with Crippen LogP contribution in [-0.2, 0) is 5.41 Å². The Morgan fingerprint density at radius 2 is 1.69 bits per heavy atom. The first-order valence-corrected chi connectivity index (χ1v) is 4.82. The highest BCUT2D eigenvalue weighted by molar-refractivity contribution is 5.42. The molecule has 0 amide bonds. The van der Waals surface area contributed by atoms with Crippen LogP contribution in [0.4, 0.5) is 13.2 Å². The van der Waals surface area contributed by atoms with Crippen LogP contribution < -0.4 is 4.74 Å². The minimum atomic E-state index is -4.67. The first-order valence-electron chi connectivity index (χ1n) is 4.82. The summed E-state index contributed by atoms with van der Waals surface area (Å²) >= 11 is 0. The molecule has 0 heterocycles. The second-order valence-electron chi connectivity index (χ2n) is 4.63. The molecule has 4 heteroatoms. The normalized spacial score (nSPS) is 12.7. The van der Waals surface area contributed by atoms with Crippen LogP contribution in [0.25, 0.3) is 0 Å². The van der Waals surface area contributed by atoms with E-state index in [0.29, 0.717) is 11.1 Å². The largest absolute Gasteiger partial charge is 0.573 e. The van der Waals surface area contributed by atoms with Crippen molar-refractivity contribution in [1.29, 1.82) is 0 Å². The summed E-state index contributed by atoms with van der Waals surface area (Å²) in [4.78, 5) is 0. The third kappa shape index (κ3) is 3.43. The molecule has 89 valence electrons. The van der Waals surface area contributed by atoms with Gasteiger partial charge in [-0.1, -0.05) is 32.9 Å². The Kier molecular flexibility index (Phi) is 3.22. The summed E-state index contributed by atoms with van der Waals surface area (Å²) in [5.74, 6) is -0.174. The number of benzene rings is 1. The van der Waals surface area contributed by atoms with Crippen molar-refractivity contribution < 1.29 is 17.9 Å². The smallest absolute Gasteiger partial charge is 0.405 e. The minimum Gasteiger partial charge on any atom is -0.405 e. The summed E-state index contributed by atoms with van der Waals surface area (Å²) < 4.78 is 40.6. The Morgan fingerprint density at radius 1 is 1.12 bits per heavy atom. The fourth-order valence-electron chi connectivity index (χ4n) is 1.40. The second-order valence-corrected chi connectivity index (χ2v) is 4.63. The molecule has 16 heavy (non-hydrogen) atoms. The summed E-state index contributed by atoms with van der Waals surface area (Å²) in [5, 5.41) is 0. The van der Waals surface area contributed by atoms with Gasteiger partial charge in [0.1, 0.15) is 5.75 Å². The van der Waals surface area contributed by atoms with Crippen molar-refractivity contribution in [2.24, 2.45) is 0 Å². The molecule has 1 rings (SSSR count). The number of hydrogen-bond donors (Lipinski definition) is 0. The summed E-state index contributed by atoms with van der Waals surface area (Å²) in [7, 11) is 0. The Labute approximate surface area is 93.2 Å². The molecule has 0 spiro atoms. The molecule has 0 aliphatic carbocycles. The van der Waals surface area contributed by atoms with Crippen LogP contribution in [0.15, 0.2) is 18.2 Å². The maximum atomic E-state index is 12.2. The molecule has 0 saturated carbocycles. The van der Waals surface area contributed by atoms with E-state index in [9.17, 15) is 13.2 Å². The van der Waals surface area contributed by atoms with E-state index in [4.69, 9.17) is 0 Å². The third-order valence-corrected chi connectivity index (χ3v) is 2.08. The Bertz CT molecular complexity index is 375. The summed E-state index contributed by atoms with van der Waals surface area (Å²) in [5.41, 5.74) is 0.596. The van der Waals surface area contributed by atoms with Crippen LogP contribution in [0.1, 0.15) is 31.9 Å². The van der Waals surface area contributed by atoms with Crippen molar-refractivity contribution >= 4 is 0 Å². The highest BCUT2D eigenvalue weighted by Crippen LogP contribution is 2.35. The topological polar surface area (TPSA) is 9.23 Å². The molecule has 1 aromatic rings. The van der Waals surface area contributed by atoms with Gasteiger partial charge in [0.2, 0.25) is 0 Å². The van der Waals surface area contributed by atoms with Crippen molar-refractivity contribution in [3.05, 3.63) is 36.2 Å². The number of rotatable bonds is 1. The molecule has 0 unspecified atom stereocenters. The van der Waals surface area contributed by atoms with E-state index < -0.39 is 11.8 Å². The van der Waals surface area contributed by atoms with Gasteiger partial charge in [-0.05, 0) is 29.5 Å². The van der Waals surface area contributed by atoms with Crippen LogP contribution in [0.2, 0.25) is 0 Å². The van der Waals surface area contributed by atoms with Gasteiger partial charge >= 0.3 is 6.36 Å². The molecule has 1 nitrogen and oxygen atoms in total. The third-order valence-electron chi connectivity index (χ3n) is 2.08. The van der Waals surface area contributed by atoms with Gasteiger partial charge in [-0.2, -0.15) is 0 Å². The molecular weight excluding hydrogens is 217 g/mol. The highest BCUT2D eigenvalue weighted by atomic mass is 19.4. The van der Waals surface area contributed by atoms with Crippen LogP contribution in [0, 0.1) is 6.92 Å². The monoisotopic (exact) mass is 231 g/mol. The first-order chi connectivity index (χ1) is 7.09. The van der Waals surface area contributed by atoms with Crippen molar-refractivity contribution in [1.82, 2.24) is 0 Å². The summed E-state index contributed by atoms with van der Waals surface area (Å²) in [6, 6.07) is 4.58. The number of ether oxygens (including phenoxy) is 1. The molecule has 1 aromatic carbocycles. The van der Waals surface area contributed by atoms with Gasteiger partial charge < -0.3 is 4.74 Å². The quantitative estimate of drug-likeness (QED) is 0.708. The predicted octanol–water partition coefficient (Wildman–Crippen LogP) is 4.06. The molecule has 0 saturated heterocycles. The number of hydrogen-bond acceptors (Lipinski definition) is 1. The SMILES string of the molecule is [CH2]c1ccc(C(C)(C)C)c(OC(F)(F)F)c1. The van der Waals surface area contributed by atoms with Crippen LogP contribution in [-0.4, -0.2) is 6.36 Å². The predicted molar refractivity (Wildman–Crippen MR) is 56.3 cm³/mol. The van der Waals surface area contributed by atoms with Gasteiger partial charge in [0, 0.05) is 0 Å². The molecule has 0 aliphatic rings. The summed E-state index contributed by atoms with van der Waals surface area (Å²) in [6.07, 6.45) is -4.67. The van der Waals surface area contributed by atoms with E-state index >= 15 is 0 Å². The molecule has 1 radical (unpaired) electrons. The van der Waals surface area contributed by atoms with Gasteiger partial charge in [-0.25, -0.2) is 0 Å². The lowest BCUT2D eigenvalue weighted by Gasteiger charge is -2.23. The second kappa shape index (κ2) is 4.00.